The highest BCUT2D eigenvalue weighted by Crippen LogP contribution is 2.32. The summed E-state index contributed by atoms with van der Waals surface area (Å²) in [4.78, 5) is 32.9. The van der Waals surface area contributed by atoms with Gasteiger partial charge in [0.15, 0.2) is 5.76 Å². The van der Waals surface area contributed by atoms with Crippen LogP contribution in [0.2, 0.25) is 4.34 Å². The minimum Gasteiger partial charge on any atom is -0.478 e. The number of hydrogen-bond acceptors (Lipinski definition) is 7. The maximum Gasteiger partial charge on any atom is 0.335 e. The van der Waals surface area contributed by atoms with Crippen molar-refractivity contribution >= 4 is 45.8 Å². The number of rotatable bonds is 7. The van der Waals surface area contributed by atoms with Gasteiger partial charge in [-0.05, 0) is 70.1 Å². The molecule has 36 heavy (non-hydrogen) atoms. The van der Waals surface area contributed by atoms with Crippen molar-refractivity contribution in [3.8, 4) is 10.6 Å². The molecule has 0 spiro atoms. The lowest BCUT2D eigenvalue weighted by atomic mass is 10.0. The summed E-state index contributed by atoms with van der Waals surface area (Å²) >= 11 is 7.45. The van der Waals surface area contributed by atoms with Crippen LogP contribution in [0.3, 0.4) is 0 Å². The SMILES string of the molecule is CC(C)N(C(=O)c1nc2cc(C(=O)O)ccc2n1Cc1cc(-c2ccc(Cl)s2)on1)C1CCNCC1. The zero-order chi connectivity index (χ0) is 25.4. The summed E-state index contributed by atoms with van der Waals surface area (Å²) in [6, 6.07) is 10.3. The molecule has 1 aliphatic rings. The number of carboxylic acid groups (broad SMARTS) is 1. The Bertz CT molecular complexity index is 1420. The first-order valence-corrected chi connectivity index (χ1v) is 13.0. The number of amides is 1. The highest BCUT2D eigenvalue weighted by Gasteiger charge is 2.32. The first kappa shape index (κ1) is 24.5. The van der Waals surface area contributed by atoms with Gasteiger partial charge in [-0.1, -0.05) is 16.8 Å². The van der Waals surface area contributed by atoms with Crippen LogP contribution >= 0.6 is 22.9 Å². The van der Waals surface area contributed by atoms with Crippen LogP contribution in [-0.2, 0) is 6.54 Å². The summed E-state index contributed by atoms with van der Waals surface area (Å²) in [5, 5.41) is 17.0. The topological polar surface area (TPSA) is 113 Å². The summed E-state index contributed by atoms with van der Waals surface area (Å²) in [5.74, 6) is -0.387. The van der Waals surface area contributed by atoms with E-state index >= 15 is 0 Å². The average molecular weight is 528 g/mol. The lowest BCUT2D eigenvalue weighted by Gasteiger charge is -2.37. The number of fused-ring (bicyclic) bond motifs is 1. The average Bonchev–Trinajstić information content (AvgIpc) is 3.58. The molecule has 0 bridgehead atoms. The zero-order valence-corrected chi connectivity index (χ0v) is 21.5. The molecule has 2 N–H and O–H groups in total. The van der Waals surface area contributed by atoms with Crippen LogP contribution < -0.4 is 5.32 Å². The third-order valence-electron chi connectivity index (χ3n) is 6.37. The number of carbonyl (C=O) groups excluding carboxylic acids is 1. The van der Waals surface area contributed by atoms with Crippen molar-refractivity contribution in [1.82, 2.24) is 24.9 Å². The van der Waals surface area contributed by atoms with E-state index in [1.54, 1.807) is 16.7 Å². The van der Waals surface area contributed by atoms with Gasteiger partial charge in [0.25, 0.3) is 5.91 Å². The molecule has 0 radical (unpaired) electrons. The monoisotopic (exact) mass is 527 g/mol. The normalized spacial score (nSPS) is 14.6. The van der Waals surface area contributed by atoms with E-state index in [2.05, 4.69) is 15.5 Å². The van der Waals surface area contributed by atoms with E-state index in [0.717, 1.165) is 30.8 Å². The first-order chi connectivity index (χ1) is 17.3. The Hall–Kier alpha value is -3.21. The van der Waals surface area contributed by atoms with Crippen LogP contribution in [0.5, 0.6) is 0 Å². The minimum atomic E-state index is -1.05. The predicted octanol–water partition coefficient (Wildman–Crippen LogP) is 4.76. The number of benzene rings is 1. The Labute approximate surface area is 216 Å². The van der Waals surface area contributed by atoms with E-state index in [-0.39, 0.29) is 35.9 Å². The van der Waals surface area contributed by atoms with Gasteiger partial charge in [0, 0.05) is 18.2 Å². The molecule has 188 valence electrons. The van der Waals surface area contributed by atoms with Crippen molar-refractivity contribution in [2.24, 2.45) is 0 Å². The van der Waals surface area contributed by atoms with E-state index in [1.165, 1.54) is 23.5 Å². The number of thiophene rings is 1. The van der Waals surface area contributed by atoms with E-state index in [9.17, 15) is 14.7 Å². The molecule has 0 saturated carbocycles. The summed E-state index contributed by atoms with van der Waals surface area (Å²) in [6.07, 6.45) is 1.73. The summed E-state index contributed by atoms with van der Waals surface area (Å²) in [6.45, 7) is 5.96. The number of nitrogens with zero attached hydrogens (tertiary/aromatic N) is 4. The molecule has 1 fully saturated rings. The van der Waals surface area contributed by atoms with Gasteiger partial charge >= 0.3 is 5.97 Å². The fourth-order valence-electron chi connectivity index (χ4n) is 4.72. The number of carboxylic acids is 1. The van der Waals surface area contributed by atoms with Crippen LogP contribution in [0.25, 0.3) is 21.7 Å². The lowest BCUT2D eigenvalue weighted by molar-refractivity contribution is 0.0548. The fourth-order valence-corrected chi connectivity index (χ4v) is 5.71. The molecule has 5 rings (SSSR count). The molecule has 11 heteroatoms. The number of hydrogen-bond donors (Lipinski definition) is 2. The molecule has 3 aromatic heterocycles. The Morgan fingerprint density at radius 3 is 2.69 bits per heavy atom. The highest BCUT2D eigenvalue weighted by molar-refractivity contribution is 7.19. The molecule has 0 aliphatic carbocycles. The number of aromatic carboxylic acids is 1. The quantitative estimate of drug-likeness (QED) is 0.356. The summed E-state index contributed by atoms with van der Waals surface area (Å²) < 4.78 is 7.99. The maximum atomic E-state index is 14.0. The second kappa shape index (κ2) is 10.0. The molecule has 9 nitrogen and oxygen atoms in total. The number of nitrogens with one attached hydrogen (secondary N) is 1. The smallest absolute Gasteiger partial charge is 0.335 e. The molecule has 4 aromatic rings. The Kier molecular flexibility index (Phi) is 6.83. The fraction of sp³-hybridized carbons (Fsp3) is 0.360. The number of piperidine rings is 1. The van der Waals surface area contributed by atoms with Crippen molar-refractivity contribution in [2.75, 3.05) is 13.1 Å². The van der Waals surface area contributed by atoms with Gasteiger partial charge in [-0.15, -0.1) is 11.3 Å². The van der Waals surface area contributed by atoms with Gasteiger partial charge in [0.05, 0.1) is 32.4 Å². The maximum absolute atomic E-state index is 14.0. The largest absolute Gasteiger partial charge is 0.478 e. The van der Waals surface area contributed by atoms with Crippen molar-refractivity contribution in [3.05, 3.63) is 57.8 Å². The Balaban J connectivity index is 1.56. The minimum absolute atomic E-state index is 0.0225. The summed E-state index contributed by atoms with van der Waals surface area (Å²) in [7, 11) is 0. The Morgan fingerprint density at radius 2 is 2.03 bits per heavy atom. The van der Waals surface area contributed by atoms with Crippen LogP contribution in [0.4, 0.5) is 0 Å². The van der Waals surface area contributed by atoms with Crippen molar-refractivity contribution in [1.29, 1.82) is 0 Å². The van der Waals surface area contributed by atoms with Gasteiger partial charge in [-0.25, -0.2) is 9.78 Å². The van der Waals surface area contributed by atoms with Crippen LogP contribution in [0, 0.1) is 0 Å². The standard InChI is InChI=1S/C25H26ClN5O4S/c1-14(2)31(17-7-9-27-10-8-17)24(32)23-28-18-11-15(25(33)34)3-4-19(18)30(23)13-16-12-20(35-29-16)21-5-6-22(26)36-21/h3-6,11-12,14,17,27H,7-10,13H2,1-2H3,(H,33,34). The molecule has 0 atom stereocenters. The first-order valence-electron chi connectivity index (χ1n) is 11.8. The zero-order valence-electron chi connectivity index (χ0n) is 19.9. The molecular weight excluding hydrogens is 502 g/mol. The van der Waals surface area contributed by atoms with Gasteiger partial charge in [-0.3, -0.25) is 4.79 Å². The third-order valence-corrected chi connectivity index (χ3v) is 7.62. The van der Waals surface area contributed by atoms with E-state index in [4.69, 9.17) is 16.1 Å². The van der Waals surface area contributed by atoms with Gasteiger partial charge in [0.2, 0.25) is 5.82 Å². The number of halogens is 1. The van der Waals surface area contributed by atoms with Gasteiger partial charge in [-0.2, -0.15) is 0 Å². The van der Waals surface area contributed by atoms with Gasteiger partial charge in [0.1, 0.15) is 5.69 Å². The predicted molar refractivity (Wildman–Crippen MR) is 138 cm³/mol. The van der Waals surface area contributed by atoms with Crippen molar-refractivity contribution in [3.63, 3.8) is 0 Å². The van der Waals surface area contributed by atoms with E-state index in [1.807, 2.05) is 30.9 Å². The summed E-state index contributed by atoms with van der Waals surface area (Å²) in [5.41, 5.74) is 1.83. The Morgan fingerprint density at radius 1 is 1.25 bits per heavy atom. The number of imidazole rings is 1. The third kappa shape index (κ3) is 4.76. The molecule has 1 aromatic carbocycles. The van der Waals surface area contributed by atoms with E-state index in [0.29, 0.717) is 26.8 Å². The second-order valence-corrected chi connectivity index (χ2v) is 10.8. The van der Waals surface area contributed by atoms with Gasteiger partial charge < -0.3 is 24.4 Å². The van der Waals surface area contributed by atoms with Crippen LogP contribution in [-0.4, -0.2) is 61.8 Å². The van der Waals surface area contributed by atoms with Crippen molar-refractivity contribution in [2.45, 2.75) is 45.3 Å². The number of carbonyl (C=O) groups is 2. The van der Waals surface area contributed by atoms with E-state index < -0.39 is 5.97 Å². The molecule has 1 amide bonds. The van der Waals surface area contributed by atoms with Crippen molar-refractivity contribution < 1.29 is 19.2 Å². The molecular formula is C25H26ClN5O4S. The lowest BCUT2D eigenvalue weighted by Crippen LogP contribution is -2.50. The molecule has 1 saturated heterocycles. The molecule has 0 unspecified atom stereocenters. The second-order valence-electron chi connectivity index (χ2n) is 9.10. The van der Waals surface area contributed by atoms with Crippen LogP contribution in [0.1, 0.15) is 53.4 Å². The molecule has 4 heterocycles. The molecule has 1 aliphatic heterocycles. The highest BCUT2D eigenvalue weighted by atomic mass is 35.5. The van der Waals surface area contributed by atoms with Crippen LogP contribution in [0.15, 0.2) is 40.9 Å². The number of aromatic nitrogens is 3.